The molecule has 1 aliphatic heterocycles. The highest BCUT2D eigenvalue weighted by Gasteiger charge is 2.20. The van der Waals surface area contributed by atoms with Gasteiger partial charge in [-0.25, -0.2) is 0 Å². The van der Waals surface area contributed by atoms with Crippen molar-refractivity contribution in [3.8, 4) is 0 Å². The van der Waals surface area contributed by atoms with E-state index >= 15 is 0 Å². The fourth-order valence-electron chi connectivity index (χ4n) is 0.895. The van der Waals surface area contributed by atoms with E-state index < -0.39 is 10.9 Å². The summed E-state index contributed by atoms with van der Waals surface area (Å²) in [5, 5.41) is 20.0. The second kappa shape index (κ2) is 5.48. The molecule has 0 aliphatic carbocycles. The summed E-state index contributed by atoms with van der Waals surface area (Å²) in [6, 6.07) is -0.269. The summed E-state index contributed by atoms with van der Waals surface area (Å²) in [5.41, 5.74) is 0. The second-order valence-electron chi connectivity index (χ2n) is 2.43. The topological polar surface area (TPSA) is 92.5 Å². The summed E-state index contributed by atoms with van der Waals surface area (Å²) in [6.45, 7) is 0.858. The molecule has 1 atom stereocenters. The second-order valence-corrected chi connectivity index (χ2v) is 2.43. The van der Waals surface area contributed by atoms with Crippen LogP contribution >= 0.6 is 0 Å². The molecule has 6 heteroatoms. The number of carboxylic acids is 1. The highest BCUT2D eigenvalue weighted by atomic mass is 16.6. The van der Waals surface area contributed by atoms with E-state index in [4.69, 9.17) is 15.2 Å². The summed E-state index contributed by atoms with van der Waals surface area (Å²) in [4.78, 5) is 18.4. The molecule has 0 saturated carbocycles. The molecule has 1 heterocycles. The highest BCUT2D eigenvalue weighted by Crippen LogP contribution is 2.03. The highest BCUT2D eigenvalue weighted by molar-refractivity contribution is 5.73. The Kier molecular flexibility index (Phi) is 4.94. The van der Waals surface area contributed by atoms with E-state index in [0.717, 1.165) is 26.4 Å². The molecular formula is C6H12N2O4. The van der Waals surface area contributed by atoms with Crippen LogP contribution in [0.15, 0.2) is 0 Å². The maximum absolute atomic E-state index is 10.1. The Morgan fingerprint density at radius 1 is 1.75 bits per heavy atom. The van der Waals surface area contributed by atoms with Gasteiger partial charge >= 0.3 is 5.97 Å². The van der Waals surface area contributed by atoms with Crippen LogP contribution in [-0.2, 0) is 4.79 Å². The van der Waals surface area contributed by atoms with Gasteiger partial charge in [-0.1, -0.05) is 0 Å². The van der Waals surface area contributed by atoms with Crippen molar-refractivity contribution in [2.45, 2.75) is 18.9 Å². The molecule has 6 nitrogen and oxygen atoms in total. The first-order chi connectivity index (χ1) is 5.54. The van der Waals surface area contributed by atoms with Crippen LogP contribution in [0, 0.1) is 10.1 Å². The van der Waals surface area contributed by atoms with Crippen molar-refractivity contribution in [1.29, 1.82) is 0 Å². The fraction of sp³-hybridized carbons (Fsp3) is 0.833. The molecule has 0 aromatic rings. The van der Waals surface area contributed by atoms with E-state index in [2.05, 4.69) is 5.32 Å². The Bertz CT molecular complexity index is 161. The maximum Gasteiger partial charge on any atom is 0.320 e. The molecule has 1 aliphatic rings. The molecule has 0 aromatic heterocycles. The standard InChI is InChI=1S/C5H9NO2.CH3NO2/c7-5(8)4-2-1-3-6-4;1-2(3)4/h4,6H,1-3H2,(H,7,8);1H3/t4-;/m0./s1. The lowest BCUT2D eigenvalue weighted by Crippen LogP contribution is -2.29. The first kappa shape index (κ1) is 10.8. The molecule has 1 fully saturated rings. The van der Waals surface area contributed by atoms with Crippen LogP contribution in [0.2, 0.25) is 0 Å². The minimum Gasteiger partial charge on any atom is -0.480 e. The number of hydrogen-bond donors (Lipinski definition) is 2. The lowest BCUT2D eigenvalue weighted by molar-refractivity contribution is -0.445. The van der Waals surface area contributed by atoms with Crippen LogP contribution in [0.25, 0.3) is 0 Å². The van der Waals surface area contributed by atoms with Gasteiger partial charge in [0.15, 0.2) is 7.05 Å². The van der Waals surface area contributed by atoms with Gasteiger partial charge in [0, 0.05) is 4.92 Å². The van der Waals surface area contributed by atoms with Gasteiger partial charge in [-0.15, -0.1) is 0 Å². The van der Waals surface area contributed by atoms with Crippen molar-refractivity contribution in [3.05, 3.63) is 10.1 Å². The Morgan fingerprint density at radius 2 is 2.25 bits per heavy atom. The van der Waals surface area contributed by atoms with E-state index in [9.17, 15) is 4.79 Å². The van der Waals surface area contributed by atoms with Gasteiger partial charge < -0.3 is 10.4 Å². The summed E-state index contributed by atoms with van der Waals surface area (Å²) in [6.07, 6.45) is 1.78. The van der Waals surface area contributed by atoms with Crippen LogP contribution in [0.5, 0.6) is 0 Å². The van der Waals surface area contributed by atoms with Gasteiger partial charge in [-0.05, 0) is 19.4 Å². The third-order valence-electron chi connectivity index (χ3n) is 1.36. The van der Waals surface area contributed by atoms with Gasteiger partial charge in [-0.3, -0.25) is 14.9 Å². The van der Waals surface area contributed by atoms with Crippen LogP contribution in [-0.4, -0.2) is 35.6 Å². The zero-order valence-corrected chi connectivity index (χ0v) is 6.82. The number of aliphatic carboxylic acids is 1. The third kappa shape index (κ3) is 5.60. The van der Waals surface area contributed by atoms with Gasteiger partial charge in [0.2, 0.25) is 0 Å². The number of nitro groups is 1. The van der Waals surface area contributed by atoms with Crippen LogP contribution in [0.4, 0.5) is 0 Å². The lowest BCUT2D eigenvalue weighted by atomic mass is 10.2. The molecule has 0 unspecified atom stereocenters. The van der Waals surface area contributed by atoms with Crippen LogP contribution < -0.4 is 5.32 Å². The molecule has 12 heavy (non-hydrogen) atoms. The summed E-state index contributed by atoms with van der Waals surface area (Å²) in [5.74, 6) is -0.720. The number of nitrogens with one attached hydrogen (secondary N) is 1. The number of hydrogen-bond acceptors (Lipinski definition) is 4. The number of rotatable bonds is 1. The predicted molar refractivity (Wildman–Crippen MR) is 41.6 cm³/mol. The van der Waals surface area contributed by atoms with Crippen molar-refractivity contribution in [3.63, 3.8) is 0 Å². The number of carbonyl (C=O) groups is 1. The molecule has 1 saturated heterocycles. The predicted octanol–water partition coefficient (Wildman–Crippen LogP) is -0.284. The van der Waals surface area contributed by atoms with Crippen LogP contribution in [0.3, 0.4) is 0 Å². The zero-order chi connectivity index (χ0) is 9.56. The Balaban J connectivity index is 0.000000261. The minimum atomic E-state index is -0.720. The molecule has 0 radical (unpaired) electrons. The zero-order valence-electron chi connectivity index (χ0n) is 6.82. The minimum absolute atomic E-state index is 0.269. The molecule has 0 aromatic carbocycles. The lowest BCUT2D eigenvalue weighted by Gasteiger charge is -1.99. The number of nitrogens with zero attached hydrogens (tertiary/aromatic N) is 1. The first-order valence-electron chi connectivity index (χ1n) is 3.58. The quantitative estimate of drug-likeness (QED) is 0.423. The first-order valence-corrected chi connectivity index (χ1v) is 3.58. The Hall–Kier alpha value is -1.17. The van der Waals surface area contributed by atoms with E-state index in [1.807, 2.05) is 0 Å². The molecule has 0 amide bonds. The van der Waals surface area contributed by atoms with Gasteiger partial charge in [-0.2, -0.15) is 0 Å². The monoisotopic (exact) mass is 176 g/mol. The van der Waals surface area contributed by atoms with Crippen molar-refractivity contribution in [1.82, 2.24) is 5.32 Å². The average Bonchev–Trinajstić information content (AvgIpc) is 2.34. The van der Waals surface area contributed by atoms with Crippen molar-refractivity contribution in [2.24, 2.45) is 0 Å². The summed E-state index contributed by atoms with van der Waals surface area (Å²) < 4.78 is 0. The Morgan fingerprint density at radius 3 is 2.42 bits per heavy atom. The van der Waals surface area contributed by atoms with Gasteiger partial charge in [0.1, 0.15) is 6.04 Å². The molecule has 0 bridgehead atoms. The fourth-order valence-corrected chi connectivity index (χ4v) is 0.895. The normalized spacial score (nSPS) is 20.9. The van der Waals surface area contributed by atoms with E-state index in [-0.39, 0.29) is 6.04 Å². The Labute approximate surface area is 69.7 Å². The van der Waals surface area contributed by atoms with Gasteiger partial charge in [0.25, 0.3) is 0 Å². The molecule has 2 N–H and O–H groups in total. The SMILES string of the molecule is C[N+](=O)[O-].O=C(O)[C@@H]1CCCN1. The third-order valence-corrected chi connectivity index (χ3v) is 1.36. The summed E-state index contributed by atoms with van der Waals surface area (Å²) in [7, 11) is 0.889. The molecule has 70 valence electrons. The molecular weight excluding hydrogens is 164 g/mol. The number of carboxylic acid groups (broad SMARTS) is 1. The molecule has 1 rings (SSSR count). The molecule has 0 spiro atoms. The van der Waals surface area contributed by atoms with Crippen LogP contribution in [0.1, 0.15) is 12.8 Å². The van der Waals surface area contributed by atoms with E-state index in [1.165, 1.54) is 0 Å². The van der Waals surface area contributed by atoms with Crippen molar-refractivity contribution in [2.75, 3.05) is 13.6 Å². The maximum atomic E-state index is 10.1. The smallest absolute Gasteiger partial charge is 0.320 e. The summed E-state index contributed by atoms with van der Waals surface area (Å²) >= 11 is 0. The van der Waals surface area contributed by atoms with E-state index in [1.54, 1.807) is 0 Å². The largest absolute Gasteiger partial charge is 0.480 e. The van der Waals surface area contributed by atoms with Crippen molar-refractivity contribution >= 4 is 5.97 Å². The van der Waals surface area contributed by atoms with Crippen molar-refractivity contribution < 1.29 is 14.8 Å². The van der Waals surface area contributed by atoms with E-state index in [0.29, 0.717) is 0 Å². The average molecular weight is 176 g/mol. The van der Waals surface area contributed by atoms with Gasteiger partial charge in [0.05, 0.1) is 0 Å².